The minimum atomic E-state index is -3.45. The van der Waals surface area contributed by atoms with Gasteiger partial charge in [0, 0.05) is 5.56 Å². The zero-order chi connectivity index (χ0) is 15.5. The molecule has 0 aromatic heterocycles. The van der Waals surface area contributed by atoms with Gasteiger partial charge >= 0.3 is 0 Å². The second-order valence-electron chi connectivity index (χ2n) is 4.58. The van der Waals surface area contributed by atoms with Crippen LogP contribution >= 0.6 is 0 Å². The second-order valence-corrected chi connectivity index (χ2v) is 6.23. The van der Waals surface area contributed by atoms with Crippen LogP contribution in [0.3, 0.4) is 0 Å². The average molecular weight is 302 g/mol. The topological polar surface area (TPSA) is 75.9 Å². The van der Waals surface area contributed by atoms with Gasteiger partial charge in [-0.2, -0.15) is 4.40 Å². The Labute approximate surface area is 123 Å². The highest BCUT2D eigenvalue weighted by Crippen LogP contribution is 2.10. The molecule has 0 saturated heterocycles. The summed E-state index contributed by atoms with van der Waals surface area (Å²) in [5, 5.41) is 0. The molecule has 1 aliphatic carbocycles. The molecule has 6 heteroatoms. The summed E-state index contributed by atoms with van der Waals surface area (Å²) in [5.74, 6) is -0.345. The molecule has 0 unspecified atom stereocenters. The van der Waals surface area contributed by atoms with Crippen molar-refractivity contribution < 1.29 is 13.2 Å². The van der Waals surface area contributed by atoms with Crippen LogP contribution in [0.1, 0.15) is 17.3 Å². The maximum absolute atomic E-state index is 12.0. The average Bonchev–Trinajstić information content (AvgIpc) is 2.41. The van der Waals surface area contributed by atoms with Crippen molar-refractivity contribution in [2.24, 2.45) is 9.39 Å². The smallest absolute Gasteiger partial charge is 0.267 e. The number of carbonyl (C=O) groups is 1. The van der Waals surface area contributed by atoms with Gasteiger partial charge in [-0.3, -0.25) is 4.79 Å². The minimum Gasteiger partial charge on any atom is -0.267 e. The van der Waals surface area contributed by atoms with Gasteiger partial charge in [-0.25, -0.2) is 13.4 Å². The molecule has 1 aromatic rings. The first-order valence-electron chi connectivity index (χ1n) is 6.20. The van der Waals surface area contributed by atoms with Crippen molar-refractivity contribution in [3.05, 3.63) is 59.7 Å². The molecule has 0 spiro atoms. The number of rotatable bonds is 2. The van der Waals surface area contributed by atoms with Crippen LogP contribution in [0.4, 0.5) is 0 Å². The number of benzene rings is 1. The van der Waals surface area contributed by atoms with E-state index in [4.69, 9.17) is 0 Å². The van der Waals surface area contributed by atoms with E-state index in [2.05, 4.69) is 9.39 Å². The predicted molar refractivity (Wildman–Crippen MR) is 83.4 cm³/mol. The van der Waals surface area contributed by atoms with E-state index in [0.717, 1.165) is 6.26 Å². The molecule has 0 aliphatic heterocycles. The lowest BCUT2D eigenvalue weighted by Crippen LogP contribution is -2.10. The van der Waals surface area contributed by atoms with Crippen molar-refractivity contribution in [1.29, 1.82) is 0 Å². The Morgan fingerprint density at radius 1 is 1.10 bits per heavy atom. The highest BCUT2D eigenvalue weighted by atomic mass is 32.2. The van der Waals surface area contributed by atoms with Gasteiger partial charge in [0.2, 0.25) is 0 Å². The van der Waals surface area contributed by atoms with E-state index >= 15 is 0 Å². The number of hydrogen-bond acceptors (Lipinski definition) is 3. The molecule has 0 fully saturated rings. The number of amides is 1. The van der Waals surface area contributed by atoms with Crippen molar-refractivity contribution in [3.63, 3.8) is 0 Å². The summed E-state index contributed by atoms with van der Waals surface area (Å²) in [7, 11) is -3.45. The molecule has 21 heavy (non-hydrogen) atoms. The molecule has 1 aromatic carbocycles. The molecule has 1 aliphatic rings. The third kappa shape index (κ3) is 4.32. The van der Waals surface area contributed by atoms with E-state index in [0.29, 0.717) is 22.6 Å². The number of hydrogen-bond donors (Lipinski definition) is 0. The van der Waals surface area contributed by atoms with Gasteiger partial charge in [0.15, 0.2) is 0 Å². The number of allylic oxidation sites excluding steroid dienone is 4. The van der Waals surface area contributed by atoms with Gasteiger partial charge in [0.25, 0.3) is 15.9 Å². The van der Waals surface area contributed by atoms with E-state index in [1.807, 2.05) is 6.07 Å². The monoisotopic (exact) mass is 302 g/mol. The first-order chi connectivity index (χ1) is 9.85. The van der Waals surface area contributed by atoms with Gasteiger partial charge in [0.1, 0.15) is 0 Å². The third-order valence-electron chi connectivity index (χ3n) is 2.70. The van der Waals surface area contributed by atoms with Crippen molar-refractivity contribution in [1.82, 2.24) is 0 Å². The molecule has 5 nitrogen and oxygen atoms in total. The Morgan fingerprint density at radius 2 is 1.76 bits per heavy atom. The van der Waals surface area contributed by atoms with Crippen molar-refractivity contribution >= 4 is 27.4 Å². The summed E-state index contributed by atoms with van der Waals surface area (Å²) in [6.45, 7) is 1.72. The van der Waals surface area contributed by atoms with Crippen LogP contribution in [0.2, 0.25) is 0 Å². The lowest BCUT2D eigenvalue weighted by atomic mass is 10.0. The highest BCUT2D eigenvalue weighted by molar-refractivity contribution is 7.89. The quantitative estimate of drug-likeness (QED) is 0.786. The molecule has 2 rings (SSSR count). The Balaban J connectivity index is 2.26. The van der Waals surface area contributed by atoms with Crippen LogP contribution in [0.15, 0.2) is 63.5 Å². The maximum atomic E-state index is 12.0. The fourth-order valence-corrected chi connectivity index (χ4v) is 2.31. The van der Waals surface area contributed by atoms with Crippen LogP contribution in [0.25, 0.3) is 0 Å². The molecule has 0 heterocycles. The fourth-order valence-electron chi connectivity index (χ4n) is 1.75. The van der Waals surface area contributed by atoms with E-state index in [1.54, 1.807) is 43.3 Å². The normalized spacial score (nSPS) is 18.9. The first-order valence-corrected chi connectivity index (χ1v) is 8.05. The number of carbonyl (C=O) groups excluding carboxylic acids is 1. The lowest BCUT2D eigenvalue weighted by Gasteiger charge is -2.07. The van der Waals surface area contributed by atoms with E-state index in [-0.39, 0.29) is 5.91 Å². The van der Waals surface area contributed by atoms with Crippen LogP contribution in [0.5, 0.6) is 0 Å². The summed E-state index contributed by atoms with van der Waals surface area (Å²) in [6, 6.07) is 8.73. The Kier molecular flexibility index (Phi) is 4.28. The largest absolute Gasteiger partial charge is 0.277 e. The molecular formula is C15H14N2O3S. The molecule has 0 radical (unpaired) electrons. The molecule has 0 N–H and O–H groups in total. The molecule has 1 amide bonds. The fraction of sp³-hybridized carbons (Fsp3) is 0.133. The summed E-state index contributed by atoms with van der Waals surface area (Å²) >= 11 is 0. The van der Waals surface area contributed by atoms with Gasteiger partial charge < -0.3 is 0 Å². The van der Waals surface area contributed by atoms with Gasteiger partial charge in [-0.1, -0.05) is 18.2 Å². The molecule has 0 saturated carbocycles. The molecular weight excluding hydrogens is 288 g/mol. The van der Waals surface area contributed by atoms with E-state index in [9.17, 15) is 13.2 Å². The summed E-state index contributed by atoms with van der Waals surface area (Å²) in [4.78, 5) is 16.0. The zero-order valence-corrected chi connectivity index (χ0v) is 12.5. The number of sulfonamides is 1. The SMILES string of the molecule is CC1=CC(=NC(=O)c2ccccc2)C=C/C1=N/S(C)(=O)=O. The van der Waals surface area contributed by atoms with E-state index < -0.39 is 10.0 Å². The lowest BCUT2D eigenvalue weighted by molar-refractivity contribution is 0.100. The van der Waals surface area contributed by atoms with Crippen LogP contribution < -0.4 is 0 Å². The maximum Gasteiger partial charge on any atom is 0.277 e. The van der Waals surface area contributed by atoms with Gasteiger partial charge in [-0.05, 0) is 42.9 Å². The number of aliphatic imine (C=N–C) groups is 1. The van der Waals surface area contributed by atoms with Crippen molar-refractivity contribution in [2.75, 3.05) is 6.26 Å². The van der Waals surface area contributed by atoms with Crippen LogP contribution in [-0.4, -0.2) is 32.0 Å². The summed E-state index contributed by atoms with van der Waals surface area (Å²) in [6.07, 6.45) is 5.76. The second kappa shape index (κ2) is 5.97. The Bertz CT molecular complexity index is 785. The van der Waals surface area contributed by atoms with Crippen LogP contribution in [0, 0.1) is 0 Å². The van der Waals surface area contributed by atoms with E-state index in [1.165, 1.54) is 6.08 Å². The summed E-state index contributed by atoms with van der Waals surface area (Å²) in [5.41, 5.74) is 1.96. The van der Waals surface area contributed by atoms with Gasteiger partial charge in [-0.15, -0.1) is 0 Å². The first kappa shape index (κ1) is 15.1. The summed E-state index contributed by atoms with van der Waals surface area (Å²) < 4.78 is 25.9. The molecule has 0 atom stereocenters. The van der Waals surface area contributed by atoms with Gasteiger partial charge in [0.05, 0.1) is 17.7 Å². The Hall–Kier alpha value is -2.34. The predicted octanol–water partition coefficient (Wildman–Crippen LogP) is 2.18. The third-order valence-corrected chi connectivity index (χ3v) is 3.22. The molecule has 108 valence electrons. The standard InChI is InChI=1S/C15H14N2O3S/c1-11-10-13(8-9-14(11)17-21(2,19)20)16-15(18)12-6-4-3-5-7-12/h3-10H,1-2H3/b16-13?,17-14-. The minimum absolute atomic E-state index is 0.345. The van der Waals surface area contributed by atoms with Crippen LogP contribution in [-0.2, 0) is 10.0 Å². The zero-order valence-electron chi connectivity index (χ0n) is 11.6. The molecule has 0 bridgehead atoms. The van der Waals surface area contributed by atoms with Crippen molar-refractivity contribution in [3.8, 4) is 0 Å². The Morgan fingerprint density at radius 3 is 2.33 bits per heavy atom. The van der Waals surface area contributed by atoms with Crippen molar-refractivity contribution in [2.45, 2.75) is 6.92 Å². The highest BCUT2D eigenvalue weighted by Gasteiger charge is 2.11. The number of nitrogens with zero attached hydrogens (tertiary/aromatic N) is 2.